The molecule has 1 saturated carbocycles. The van der Waals surface area contributed by atoms with Gasteiger partial charge < -0.3 is 10.2 Å². The Labute approximate surface area is 201 Å². The maximum Gasteiger partial charge on any atom is 0.295 e. The van der Waals surface area contributed by atoms with Crippen LogP contribution in [0.1, 0.15) is 24.1 Å². The Balaban J connectivity index is 1.35. The Morgan fingerprint density at radius 2 is 1.76 bits per heavy atom. The minimum Gasteiger partial charge on any atom is -0.335 e. The van der Waals surface area contributed by atoms with E-state index in [1.54, 1.807) is 41.8 Å². The van der Waals surface area contributed by atoms with Gasteiger partial charge >= 0.3 is 0 Å². The summed E-state index contributed by atoms with van der Waals surface area (Å²) in [4.78, 5) is 40.0. The van der Waals surface area contributed by atoms with Gasteiger partial charge in [0, 0.05) is 25.2 Å². The summed E-state index contributed by atoms with van der Waals surface area (Å²) in [5, 5.41) is 2.71. The smallest absolute Gasteiger partial charge is 0.295 e. The number of para-hydroxylation sites is 1. The highest BCUT2D eigenvalue weighted by molar-refractivity contribution is 8.00. The Morgan fingerprint density at radius 3 is 2.44 bits per heavy atom. The number of benzene rings is 2. The first-order valence-electron chi connectivity index (χ1n) is 11.1. The van der Waals surface area contributed by atoms with E-state index in [1.807, 2.05) is 30.3 Å². The average Bonchev–Trinajstić information content (AvgIpc) is 3.64. The minimum atomic E-state index is -0.351. The molecule has 2 aromatic carbocycles. The van der Waals surface area contributed by atoms with E-state index in [1.165, 1.54) is 22.5 Å². The maximum atomic E-state index is 14.0. The van der Waals surface area contributed by atoms with E-state index in [9.17, 15) is 18.8 Å². The molecule has 3 aromatic rings. The van der Waals surface area contributed by atoms with Crippen molar-refractivity contribution in [2.75, 3.05) is 16.8 Å². The average molecular weight is 483 g/mol. The van der Waals surface area contributed by atoms with Gasteiger partial charge in [-0.2, -0.15) is 0 Å². The van der Waals surface area contributed by atoms with Gasteiger partial charge in [0.1, 0.15) is 11.5 Å². The van der Waals surface area contributed by atoms with Crippen LogP contribution in [0, 0.1) is 12.7 Å². The van der Waals surface area contributed by atoms with Gasteiger partial charge in [-0.25, -0.2) is 9.07 Å². The lowest BCUT2D eigenvalue weighted by Crippen LogP contribution is -2.34. The van der Waals surface area contributed by atoms with E-state index in [4.69, 9.17) is 0 Å². The number of anilines is 1. The molecule has 0 spiro atoms. The second-order valence-electron chi connectivity index (χ2n) is 8.32. The molecule has 0 atom stereocenters. The summed E-state index contributed by atoms with van der Waals surface area (Å²) in [5.41, 5.74) is 1.73. The van der Waals surface area contributed by atoms with E-state index < -0.39 is 0 Å². The number of aromatic nitrogens is 2. The van der Waals surface area contributed by atoms with Gasteiger partial charge in [-0.15, -0.1) is 11.8 Å². The molecular weight excluding hydrogens is 455 g/mol. The summed E-state index contributed by atoms with van der Waals surface area (Å²) in [6.07, 6.45) is 1.82. The van der Waals surface area contributed by atoms with Crippen molar-refractivity contribution < 1.29 is 14.0 Å². The molecule has 0 aliphatic heterocycles. The molecule has 1 aliphatic carbocycles. The number of amides is 2. The monoisotopic (exact) mass is 482 g/mol. The summed E-state index contributed by atoms with van der Waals surface area (Å²) in [5.74, 6) is -0.655. The van der Waals surface area contributed by atoms with Crippen molar-refractivity contribution >= 4 is 29.3 Å². The number of rotatable bonds is 9. The van der Waals surface area contributed by atoms with Crippen LogP contribution in [0.15, 0.2) is 59.4 Å². The molecule has 0 radical (unpaired) electrons. The molecule has 7 nitrogen and oxygen atoms in total. The molecular formula is C25H27FN4O3S. The summed E-state index contributed by atoms with van der Waals surface area (Å²) < 4.78 is 17.2. The van der Waals surface area contributed by atoms with E-state index in [0.717, 1.165) is 12.8 Å². The lowest BCUT2D eigenvalue weighted by Gasteiger charge is -2.22. The highest BCUT2D eigenvalue weighted by Gasteiger charge is 2.32. The fraction of sp³-hybridized carbons (Fsp3) is 0.320. The number of hydrogen-bond donors (Lipinski definition) is 1. The van der Waals surface area contributed by atoms with Crippen LogP contribution in [0.5, 0.6) is 0 Å². The third-order valence-electron chi connectivity index (χ3n) is 5.88. The lowest BCUT2D eigenvalue weighted by molar-refractivity contribution is -0.129. The first kappa shape index (κ1) is 23.8. The van der Waals surface area contributed by atoms with Crippen LogP contribution < -0.4 is 10.9 Å². The predicted octanol–water partition coefficient (Wildman–Crippen LogP) is 3.49. The normalized spacial score (nSPS) is 13.0. The molecule has 1 aromatic heterocycles. The number of halogens is 1. The Kier molecular flexibility index (Phi) is 7.21. The molecule has 1 N–H and O–H groups in total. The molecule has 0 bridgehead atoms. The van der Waals surface area contributed by atoms with E-state index in [2.05, 4.69) is 5.32 Å². The Morgan fingerprint density at radius 1 is 1.09 bits per heavy atom. The van der Waals surface area contributed by atoms with E-state index in [-0.39, 0.29) is 53.0 Å². The van der Waals surface area contributed by atoms with Gasteiger partial charge in [-0.05, 0) is 38.0 Å². The molecule has 0 saturated heterocycles. The van der Waals surface area contributed by atoms with Gasteiger partial charge in [0.15, 0.2) is 0 Å². The van der Waals surface area contributed by atoms with Crippen LogP contribution >= 0.6 is 11.8 Å². The van der Waals surface area contributed by atoms with Crippen LogP contribution in [0.25, 0.3) is 5.69 Å². The van der Waals surface area contributed by atoms with E-state index >= 15 is 0 Å². The first-order chi connectivity index (χ1) is 16.4. The zero-order valence-electron chi connectivity index (χ0n) is 19.2. The number of thioether (sulfide) groups is 1. The van der Waals surface area contributed by atoms with Crippen LogP contribution in [-0.2, 0) is 23.2 Å². The van der Waals surface area contributed by atoms with Gasteiger partial charge in [0.25, 0.3) is 5.56 Å². The summed E-state index contributed by atoms with van der Waals surface area (Å²) in [6.45, 7) is 1.99. The number of carbonyl (C=O) groups excluding carboxylic acids is 2. The quantitative estimate of drug-likeness (QED) is 0.507. The van der Waals surface area contributed by atoms with Gasteiger partial charge in [0.05, 0.1) is 22.9 Å². The van der Waals surface area contributed by atoms with Crippen LogP contribution in [0.2, 0.25) is 0 Å². The maximum absolute atomic E-state index is 14.0. The predicted molar refractivity (Wildman–Crippen MR) is 132 cm³/mol. The van der Waals surface area contributed by atoms with Gasteiger partial charge in [-0.3, -0.25) is 19.1 Å². The standard InChI is InChI=1S/C25H27FN4O3S/c1-17-24(25(33)30(28(17)2)20-9-4-3-5-10-20)27-22(31)15-34-16-23(32)29(19-12-13-19)14-18-8-6-7-11-21(18)26/h3-11,19H,12-16H2,1-2H3,(H,27,31). The third kappa shape index (κ3) is 5.25. The van der Waals surface area contributed by atoms with Crippen LogP contribution in [0.3, 0.4) is 0 Å². The third-order valence-corrected chi connectivity index (χ3v) is 6.80. The van der Waals surface area contributed by atoms with Crippen molar-refractivity contribution in [1.82, 2.24) is 14.3 Å². The van der Waals surface area contributed by atoms with Crippen molar-refractivity contribution in [3.8, 4) is 5.69 Å². The highest BCUT2D eigenvalue weighted by atomic mass is 32.2. The lowest BCUT2D eigenvalue weighted by atomic mass is 10.2. The zero-order chi connectivity index (χ0) is 24.2. The van der Waals surface area contributed by atoms with E-state index in [0.29, 0.717) is 16.9 Å². The topological polar surface area (TPSA) is 76.3 Å². The molecule has 0 unspecified atom stereocenters. The molecule has 1 fully saturated rings. The number of hydrogen-bond acceptors (Lipinski definition) is 4. The highest BCUT2D eigenvalue weighted by Crippen LogP contribution is 2.29. The minimum absolute atomic E-state index is 0.0308. The molecule has 178 valence electrons. The molecule has 1 heterocycles. The van der Waals surface area contributed by atoms with Crippen LogP contribution in [-0.4, -0.2) is 43.6 Å². The largest absolute Gasteiger partial charge is 0.335 e. The Hall–Kier alpha value is -3.33. The fourth-order valence-electron chi connectivity index (χ4n) is 3.82. The zero-order valence-corrected chi connectivity index (χ0v) is 20.0. The molecule has 2 amide bonds. The van der Waals surface area contributed by atoms with Gasteiger partial charge in [-0.1, -0.05) is 36.4 Å². The van der Waals surface area contributed by atoms with Gasteiger partial charge in [0.2, 0.25) is 11.8 Å². The second kappa shape index (κ2) is 10.3. The van der Waals surface area contributed by atoms with Crippen molar-refractivity contribution in [2.45, 2.75) is 32.4 Å². The summed E-state index contributed by atoms with van der Waals surface area (Å²) in [7, 11) is 1.76. The molecule has 4 rings (SSSR count). The fourth-order valence-corrected chi connectivity index (χ4v) is 4.52. The molecule has 9 heteroatoms. The molecule has 1 aliphatic rings. The summed E-state index contributed by atoms with van der Waals surface area (Å²) in [6, 6.07) is 15.8. The Bertz CT molecular complexity index is 1250. The summed E-state index contributed by atoms with van der Waals surface area (Å²) >= 11 is 1.18. The van der Waals surface area contributed by atoms with Crippen molar-refractivity contribution in [3.63, 3.8) is 0 Å². The number of carbonyl (C=O) groups is 2. The number of nitrogens with zero attached hydrogens (tertiary/aromatic N) is 3. The SMILES string of the molecule is Cc1c(NC(=O)CSCC(=O)N(Cc2ccccc2F)C2CC2)c(=O)n(-c2ccccc2)n1C. The first-order valence-corrected chi connectivity index (χ1v) is 12.3. The van der Waals surface area contributed by atoms with Crippen LogP contribution in [0.4, 0.5) is 10.1 Å². The van der Waals surface area contributed by atoms with Crippen molar-refractivity contribution in [3.05, 3.63) is 82.0 Å². The second-order valence-corrected chi connectivity index (χ2v) is 9.31. The van der Waals surface area contributed by atoms with Crippen molar-refractivity contribution in [1.29, 1.82) is 0 Å². The number of nitrogens with one attached hydrogen (secondary N) is 1. The molecule has 34 heavy (non-hydrogen) atoms. The van der Waals surface area contributed by atoms with Crippen molar-refractivity contribution in [2.24, 2.45) is 7.05 Å².